The molecular formula is C32H28FN9. The van der Waals surface area contributed by atoms with Gasteiger partial charge in [0.15, 0.2) is 11.5 Å². The van der Waals surface area contributed by atoms with Gasteiger partial charge in [0.2, 0.25) is 0 Å². The Balaban J connectivity index is 1.21. The molecule has 4 aromatic heterocycles. The van der Waals surface area contributed by atoms with E-state index in [0.29, 0.717) is 39.6 Å². The molecular weight excluding hydrogens is 529 g/mol. The Morgan fingerprint density at radius 2 is 1.57 bits per heavy atom. The summed E-state index contributed by atoms with van der Waals surface area (Å²) in [4.78, 5) is 27.2. The van der Waals surface area contributed by atoms with E-state index in [9.17, 15) is 4.39 Å². The summed E-state index contributed by atoms with van der Waals surface area (Å²) in [5.41, 5.74) is 11.3. The van der Waals surface area contributed by atoms with Gasteiger partial charge >= 0.3 is 0 Å². The monoisotopic (exact) mass is 557 g/mol. The van der Waals surface area contributed by atoms with Crippen LogP contribution in [0.2, 0.25) is 0 Å². The standard InChI is InChI=1S/C32H28FN9/c33-26-6-2-1-4-24(26)27-11-12-28-32(38-27)42(31(39-28)25-5-3-14-36-30(25)34)23-9-7-22(8-10-23)20-40-16-18-41(19-17-40)29-13-15-35-21-37-29/h1-15,21H,16-20H2,(H2,34,36). The maximum Gasteiger partial charge on any atom is 0.165 e. The molecule has 2 N–H and O–H groups in total. The van der Waals surface area contributed by atoms with Crippen molar-refractivity contribution < 1.29 is 4.39 Å². The number of anilines is 2. The van der Waals surface area contributed by atoms with E-state index in [4.69, 9.17) is 15.7 Å². The van der Waals surface area contributed by atoms with Gasteiger partial charge in [-0.2, -0.15) is 0 Å². The number of halogens is 1. The van der Waals surface area contributed by atoms with Crippen molar-refractivity contribution in [2.75, 3.05) is 36.8 Å². The fraction of sp³-hybridized carbons (Fsp3) is 0.156. The molecule has 5 heterocycles. The van der Waals surface area contributed by atoms with Gasteiger partial charge in [-0.25, -0.2) is 29.3 Å². The number of pyridine rings is 2. The molecule has 0 saturated carbocycles. The molecule has 1 aliphatic heterocycles. The first kappa shape index (κ1) is 25.7. The van der Waals surface area contributed by atoms with Crippen LogP contribution < -0.4 is 10.6 Å². The van der Waals surface area contributed by atoms with Crippen LogP contribution in [0.25, 0.3) is 39.5 Å². The molecule has 1 saturated heterocycles. The molecule has 6 aromatic rings. The lowest BCUT2D eigenvalue weighted by Crippen LogP contribution is -2.46. The molecule has 10 heteroatoms. The van der Waals surface area contributed by atoms with Gasteiger partial charge in [-0.3, -0.25) is 9.47 Å². The van der Waals surface area contributed by atoms with Gasteiger partial charge in [0.25, 0.3) is 0 Å². The van der Waals surface area contributed by atoms with Crippen molar-refractivity contribution >= 4 is 22.8 Å². The fourth-order valence-electron chi connectivity index (χ4n) is 5.42. The molecule has 1 aliphatic rings. The van der Waals surface area contributed by atoms with Crippen LogP contribution in [0.4, 0.5) is 16.0 Å². The van der Waals surface area contributed by atoms with Crippen molar-refractivity contribution in [2.24, 2.45) is 0 Å². The number of piperazine rings is 1. The van der Waals surface area contributed by atoms with Crippen LogP contribution in [0.5, 0.6) is 0 Å². The molecule has 2 aromatic carbocycles. The Bertz CT molecular complexity index is 1850. The van der Waals surface area contributed by atoms with Crippen molar-refractivity contribution in [3.05, 3.63) is 109 Å². The summed E-state index contributed by atoms with van der Waals surface area (Å²) < 4.78 is 16.6. The SMILES string of the molecule is Nc1ncccc1-c1nc2ccc(-c3ccccc3F)nc2n1-c1ccc(CN2CCN(c3ccncn3)CC2)cc1. The highest BCUT2D eigenvalue weighted by atomic mass is 19.1. The van der Waals surface area contributed by atoms with Gasteiger partial charge in [-0.05, 0) is 60.2 Å². The number of hydrogen-bond acceptors (Lipinski definition) is 8. The smallest absolute Gasteiger partial charge is 0.165 e. The zero-order valence-corrected chi connectivity index (χ0v) is 22.8. The second-order valence-corrected chi connectivity index (χ2v) is 10.2. The van der Waals surface area contributed by atoms with E-state index in [1.807, 2.05) is 28.8 Å². The Labute approximate surface area is 242 Å². The second-order valence-electron chi connectivity index (χ2n) is 10.2. The number of hydrogen-bond donors (Lipinski definition) is 1. The molecule has 0 amide bonds. The predicted molar refractivity (Wildman–Crippen MR) is 161 cm³/mol. The molecule has 0 aliphatic carbocycles. The number of imidazole rings is 1. The van der Waals surface area contributed by atoms with E-state index in [2.05, 4.69) is 49.0 Å². The first-order chi connectivity index (χ1) is 20.6. The summed E-state index contributed by atoms with van der Waals surface area (Å²) >= 11 is 0. The average molecular weight is 558 g/mol. The third kappa shape index (κ3) is 4.92. The van der Waals surface area contributed by atoms with Crippen LogP contribution in [0.3, 0.4) is 0 Å². The largest absolute Gasteiger partial charge is 0.383 e. The Hall–Kier alpha value is -5.22. The van der Waals surface area contributed by atoms with E-state index >= 15 is 0 Å². The summed E-state index contributed by atoms with van der Waals surface area (Å²) in [6.45, 7) is 4.58. The van der Waals surface area contributed by atoms with E-state index in [0.717, 1.165) is 44.2 Å². The molecule has 0 unspecified atom stereocenters. The maximum atomic E-state index is 14.7. The molecule has 42 heavy (non-hydrogen) atoms. The molecule has 1 fully saturated rings. The fourth-order valence-corrected chi connectivity index (χ4v) is 5.42. The summed E-state index contributed by atoms with van der Waals surface area (Å²) in [5.74, 6) is 1.65. The first-order valence-corrected chi connectivity index (χ1v) is 13.8. The van der Waals surface area contributed by atoms with Crippen molar-refractivity contribution in [1.82, 2.24) is 34.4 Å². The minimum atomic E-state index is -0.325. The lowest BCUT2D eigenvalue weighted by molar-refractivity contribution is 0.249. The normalized spacial score (nSPS) is 14.0. The summed E-state index contributed by atoms with van der Waals surface area (Å²) in [6.07, 6.45) is 5.03. The lowest BCUT2D eigenvalue weighted by Gasteiger charge is -2.35. The zero-order chi connectivity index (χ0) is 28.5. The summed E-state index contributed by atoms with van der Waals surface area (Å²) in [5, 5.41) is 0. The molecule has 0 spiro atoms. The molecule has 0 bridgehead atoms. The van der Waals surface area contributed by atoms with Crippen LogP contribution in [-0.4, -0.2) is 60.6 Å². The Kier molecular flexibility index (Phi) is 6.73. The van der Waals surface area contributed by atoms with Crippen LogP contribution in [0.1, 0.15) is 5.56 Å². The molecule has 9 nitrogen and oxygen atoms in total. The number of nitrogen functional groups attached to an aromatic ring is 1. The van der Waals surface area contributed by atoms with E-state index in [1.165, 1.54) is 11.6 Å². The highest BCUT2D eigenvalue weighted by molar-refractivity contribution is 5.84. The van der Waals surface area contributed by atoms with Crippen LogP contribution >= 0.6 is 0 Å². The number of rotatable bonds is 6. The number of nitrogens with zero attached hydrogens (tertiary/aromatic N) is 8. The average Bonchev–Trinajstić information content (AvgIpc) is 3.41. The van der Waals surface area contributed by atoms with Crippen LogP contribution in [-0.2, 0) is 6.54 Å². The van der Waals surface area contributed by atoms with Crippen molar-refractivity contribution in [1.29, 1.82) is 0 Å². The number of benzene rings is 2. The number of fused-ring (bicyclic) bond motifs is 1. The van der Waals surface area contributed by atoms with Gasteiger partial charge < -0.3 is 10.6 Å². The molecule has 0 atom stereocenters. The minimum Gasteiger partial charge on any atom is -0.383 e. The Morgan fingerprint density at radius 3 is 2.33 bits per heavy atom. The first-order valence-electron chi connectivity index (χ1n) is 13.8. The van der Waals surface area contributed by atoms with E-state index in [-0.39, 0.29) is 5.82 Å². The van der Waals surface area contributed by atoms with Crippen LogP contribution in [0.15, 0.2) is 97.6 Å². The molecule has 208 valence electrons. The third-order valence-corrected chi connectivity index (χ3v) is 7.60. The van der Waals surface area contributed by atoms with Crippen LogP contribution in [0, 0.1) is 5.82 Å². The van der Waals surface area contributed by atoms with Gasteiger partial charge in [-0.1, -0.05) is 24.3 Å². The van der Waals surface area contributed by atoms with E-state index < -0.39 is 0 Å². The van der Waals surface area contributed by atoms with Gasteiger partial charge in [0, 0.05) is 56.4 Å². The minimum absolute atomic E-state index is 0.325. The van der Waals surface area contributed by atoms with Gasteiger partial charge in [0.05, 0.1) is 11.3 Å². The highest BCUT2D eigenvalue weighted by Gasteiger charge is 2.21. The maximum absolute atomic E-state index is 14.7. The van der Waals surface area contributed by atoms with Crippen molar-refractivity contribution in [2.45, 2.75) is 6.54 Å². The quantitative estimate of drug-likeness (QED) is 0.306. The Morgan fingerprint density at radius 1 is 0.762 bits per heavy atom. The third-order valence-electron chi connectivity index (χ3n) is 7.60. The van der Waals surface area contributed by atoms with Crippen molar-refractivity contribution in [3.8, 4) is 28.3 Å². The van der Waals surface area contributed by atoms with Crippen molar-refractivity contribution in [3.63, 3.8) is 0 Å². The van der Waals surface area contributed by atoms with Gasteiger partial charge in [-0.15, -0.1) is 0 Å². The molecule has 0 radical (unpaired) electrons. The molecule has 7 rings (SSSR count). The zero-order valence-electron chi connectivity index (χ0n) is 22.8. The topological polar surface area (TPSA) is 102 Å². The van der Waals surface area contributed by atoms with Gasteiger partial charge in [0.1, 0.15) is 29.3 Å². The summed E-state index contributed by atoms with van der Waals surface area (Å²) in [6, 6.07) is 24.4. The van der Waals surface area contributed by atoms with E-state index in [1.54, 1.807) is 43.0 Å². The summed E-state index contributed by atoms with van der Waals surface area (Å²) in [7, 11) is 0. The number of nitrogens with two attached hydrogens (primary N) is 1. The highest BCUT2D eigenvalue weighted by Crippen LogP contribution is 2.32. The predicted octanol–water partition coefficient (Wildman–Crippen LogP) is 4.98. The second kappa shape index (κ2) is 11.0. The number of aromatic nitrogens is 6. The lowest BCUT2D eigenvalue weighted by atomic mass is 10.1.